The van der Waals surface area contributed by atoms with Crippen LogP contribution in [0.25, 0.3) is 0 Å². The normalized spacial score (nSPS) is 18.5. The van der Waals surface area contributed by atoms with E-state index in [9.17, 15) is 14.7 Å². The summed E-state index contributed by atoms with van der Waals surface area (Å²) in [7, 11) is 1.73. The molecule has 0 bridgehead atoms. The second-order valence-corrected chi connectivity index (χ2v) is 7.85. The second kappa shape index (κ2) is 9.14. The lowest BCUT2D eigenvalue weighted by Gasteiger charge is -2.36. The topological polar surface area (TPSA) is 72.9 Å². The van der Waals surface area contributed by atoms with Crippen LogP contribution in [0.4, 0.5) is 0 Å². The summed E-state index contributed by atoms with van der Waals surface area (Å²) in [6.45, 7) is 6.42. The zero-order valence-corrected chi connectivity index (χ0v) is 16.1. The minimum atomic E-state index is -0.431. The van der Waals surface area contributed by atoms with Gasteiger partial charge in [0.15, 0.2) is 0 Å². The van der Waals surface area contributed by atoms with E-state index < -0.39 is 6.04 Å². The highest BCUT2D eigenvalue weighted by atomic mass is 16.3. The molecule has 0 saturated carbocycles. The number of rotatable bonds is 8. The van der Waals surface area contributed by atoms with E-state index in [0.717, 1.165) is 19.5 Å². The molecule has 26 heavy (non-hydrogen) atoms. The summed E-state index contributed by atoms with van der Waals surface area (Å²) in [6.07, 6.45) is 1.02. The molecule has 1 atom stereocenters. The Kier molecular flexibility index (Phi) is 7.17. The Morgan fingerprint density at radius 2 is 2.04 bits per heavy atom. The number of benzene rings is 1. The van der Waals surface area contributed by atoms with Crippen molar-refractivity contribution >= 4 is 11.8 Å². The van der Waals surface area contributed by atoms with Crippen molar-refractivity contribution in [2.75, 3.05) is 39.8 Å². The molecule has 144 valence electrons. The summed E-state index contributed by atoms with van der Waals surface area (Å²) in [4.78, 5) is 28.7. The lowest BCUT2D eigenvalue weighted by Crippen LogP contribution is -2.57. The van der Waals surface area contributed by atoms with E-state index in [2.05, 4.69) is 22.3 Å². The van der Waals surface area contributed by atoms with Crippen molar-refractivity contribution in [1.82, 2.24) is 15.1 Å². The molecule has 1 aliphatic heterocycles. The lowest BCUT2D eigenvalue weighted by atomic mass is 9.94. The fourth-order valence-corrected chi connectivity index (χ4v) is 3.27. The first-order chi connectivity index (χ1) is 12.3. The summed E-state index contributed by atoms with van der Waals surface area (Å²) >= 11 is 0. The number of piperazine rings is 1. The molecule has 0 radical (unpaired) electrons. The Labute approximate surface area is 156 Å². The van der Waals surface area contributed by atoms with Crippen molar-refractivity contribution in [2.24, 2.45) is 5.41 Å². The van der Waals surface area contributed by atoms with Crippen LogP contribution in [-0.2, 0) is 16.0 Å². The van der Waals surface area contributed by atoms with Crippen LogP contribution in [0.1, 0.15) is 25.8 Å². The van der Waals surface area contributed by atoms with Crippen molar-refractivity contribution in [3.05, 3.63) is 35.9 Å². The van der Waals surface area contributed by atoms with Crippen LogP contribution in [0.2, 0.25) is 0 Å². The van der Waals surface area contributed by atoms with E-state index in [-0.39, 0.29) is 30.3 Å². The highest BCUT2D eigenvalue weighted by Crippen LogP contribution is 2.17. The molecule has 1 heterocycles. The average molecular weight is 361 g/mol. The molecule has 1 aromatic carbocycles. The van der Waals surface area contributed by atoms with E-state index in [1.54, 1.807) is 11.9 Å². The smallest absolute Gasteiger partial charge is 0.237 e. The van der Waals surface area contributed by atoms with E-state index in [4.69, 9.17) is 0 Å². The molecule has 2 N–H and O–H groups in total. The van der Waals surface area contributed by atoms with Crippen LogP contribution in [-0.4, -0.2) is 72.6 Å². The summed E-state index contributed by atoms with van der Waals surface area (Å²) < 4.78 is 0. The van der Waals surface area contributed by atoms with Crippen molar-refractivity contribution in [3.8, 4) is 0 Å². The summed E-state index contributed by atoms with van der Waals surface area (Å²) in [6, 6.07) is 9.74. The number of hydrogen-bond donors (Lipinski definition) is 2. The van der Waals surface area contributed by atoms with Gasteiger partial charge in [0.1, 0.15) is 0 Å². The van der Waals surface area contributed by atoms with Crippen LogP contribution >= 0.6 is 0 Å². The molecule has 0 unspecified atom stereocenters. The van der Waals surface area contributed by atoms with Crippen LogP contribution in [0.3, 0.4) is 0 Å². The van der Waals surface area contributed by atoms with Gasteiger partial charge in [-0.25, -0.2) is 0 Å². The zero-order chi connectivity index (χ0) is 19.2. The number of hydrogen-bond acceptors (Lipinski definition) is 4. The van der Waals surface area contributed by atoms with Gasteiger partial charge in [-0.3, -0.25) is 14.5 Å². The molecule has 1 fully saturated rings. The van der Waals surface area contributed by atoms with Gasteiger partial charge in [0.05, 0.1) is 12.5 Å². The van der Waals surface area contributed by atoms with E-state index in [0.29, 0.717) is 13.1 Å². The molecular formula is C20H31N3O3. The predicted octanol–water partition coefficient (Wildman–Crippen LogP) is 0.897. The van der Waals surface area contributed by atoms with Gasteiger partial charge < -0.3 is 15.3 Å². The number of nitrogens with one attached hydrogen (secondary N) is 1. The Morgan fingerprint density at radius 3 is 2.69 bits per heavy atom. The van der Waals surface area contributed by atoms with Gasteiger partial charge in [-0.1, -0.05) is 44.2 Å². The molecule has 1 aliphatic rings. The minimum absolute atomic E-state index is 0.0116. The first kappa shape index (κ1) is 20.4. The highest BCUT2D eigenvalue weighted by molar-refractivity contribution is 5.88. The molecular weight excluding hydrogens is 330 g/mol. The molecule has 0 spiro atoms. The SMILES string of the molecule is CN(CC(C)(C)CO)C(=O)C[C@H]1C(=O)NCCN1CCc1ccccc1. The lowest BCUT2D eigenvalue weighted by molar-refractivity contribution is -0.139. The standard InChI is InChI=1S/C20H31N3O3/c1-20(2,15-24)14-22(3)18(25)13-17-19(26)21-10-12-23(17)11-9-16-7-5-4-6-8-16/h4-8,17,24H,9-15H2,1-3H3,(H,21,26)/t17-/m0/s1. The molecule has 0 aliphatic carbocycles. The Balaban J connectivity index is 1.96. The summed E-state index contributed by atoms with van der Waals surface area (Å²) in [5, 5.41) is 12.3. The monoisotopic (exact) mass is 361 g/mol. The number of nitrogens with zero attached hydrogens (tertiary/aromatic N) is 2. The third-order valence-corrected chi connectivity index (χ3v) is 4.86. The van der Waals surface area contributed by atoms with Gasteiger partial charge in [-0.2, -0.15) is 0 Å². The summed E-state index contributed by atoms with van der Waals surface area (Å²) in [5.74, 6) is -0.147. The molecule has 6 nitrogen and oxygen atoms in total. The van der Waals surface area contributed by atoms with Crippen molar-refractivity contribution in [3.63, 3.8) is 0 Å². The largest absolute Gasteiger partial charge is 0.396 e. The zero-order valence-electron chi connectivity index (χ0n) is 16.1. The Bertz CT molecular complexity index is 604. The predicted molar refractivity (Wildman–Crippen MR) is 102 cm³/mol. The van der Waals surface area contributed by atoms with E-state index in [1.165, 1.54) is 5.56 Å². The molecule has 2 amide bonds. The molecule has 2 rings (SSSR count). The number of aliphatic hydroxyl groups excluding tert-OH is 1. The fraction of sp³-hybridized carbons (Fsp3) is 0.600. The van der Waals surface area contributed by atoms with E-state index in [1.807, 2.05) is 32.0 Å². The van der Waals surface area contributed by atoms with Gasteiger partial charge >= 0.3 is 0 Å². The molecule has 1 saturated heterocycles. The van der Waals surface area contributed by atoms with Gasteiger partial charge in [0.25, 0.3) is 0 Å². The number of carbonyl (C=O) groups excluding carboxylic acids is 2. The first-order valence-corrected chi connectivity index (χ1v) is 9.23. The third-order valence-electron chi connectivity index (χ3n) is 4.86. The Hall–Kier alpha value is -1.92. The number of carbonyl (C=O) groups is 2. The number of aliphatic hydroxyl groups is 1. The Morgan fingerprint density at radius 1 is 1.35 bits per heavy atom. The first-order valence-electron chi connectivity index (χ1n) is 9.23. The minimum Gasteiger partial charge on any atom is -0.396 e. The summed E-state index contributed by atoms with van der Waals surface area (Å²) in [5.41, 5.74) is 0.872. The van der Waals surface area contributed by atoms with Gasteiger partial charge in [0, 0.05) is 45.2 Å². The molecule has 0 aromatic heterocycles. The maximum absolute atomic E-state index is 12.6. The maximum Gasteiger partial charge on any atom is 0.237 e. The third kappa shape index (κ3) is 5.81. The highest BCUT2D eigenvalue weighted by Gasteiger charge is 2.33. The van der Waals surface area contributed by atoms with Crippen molar-refractivity contribution in [1.29, 1.82) is 0 Å². The maximum atomic E-state index is 12.6. The van der Waals surface area contributed by atoms with Gasteiger partial charge in [0.2, 0.25) is 11.8 Å². The van der Waals surface area contributed by atoms with Crippen LogP contribution < -0.4 is 5.32 Å². The van der Waals surface area contributed by atoms with Gasteiger partial charge in [-0.05, 0) is 12.0 Å². The number of amides is 2. The fourth-order valence-electron chi connectivity index (χ4n) is 3.27. The quantitative estimate of drug-likeness (QED) is 0.722. The van der Waals surface area contributed by atoms with Crippen LogP contribution in [0.5, 0.6) is 0 Å². The second-order valence-electron chi connectivity index (χ2n) is 7.85. The molecule has 6 heteroatoms. The van der Waals surface area contributed by atoms with Crippen LogP contribution in [0.15, 0.2) is 30.3 Å². The average Bonchev–Trinajstić information content (AvgIpc) is 2.62. The van der Waals surface area contributed by atoms with Crippen molar-refractivity contribution < 1.29 is 14.7 Å². The van der Waals surface area contributed by atoms with Gasteiger partial charge in [-0.15, -0.1) is 0 Å². The molecule has 1 aromatic rings. The van der Waals surface area contributed by atoms with Crippen molar-refractivity contribution in [2.45, 2.75) is 32.7 Å². The van der Waals surface area contributed by atoms with Crippen LogP contribution in [0, 0.1) is 5.41 Å². The van der Waals surface area contributed by atoms with E-state index >= 15 is 0 Å².